The van der Waals surface area contributed by atoms with Crippen LogP contribution in [0.1, 0.15) is 25.4 Å². The standard InChI is InChI=1S/C16H17ClFNO2/c1-10(19)14-7-11(18)8-16(17)15(14)9-21-13-5-3-12(20-2)4-6-13/h3-8,10H,9,19H2,1-2H3/i10D. The average molecular weight is 311 g/mol. The molecule has 0 aliphatic carbocycles. The highest BCUT2D eigenvalue weighted by molar-refractivity contribution is 6.31. The van der Waals surface area contributed by atoms with Crippen LogP contribution in [0.25, 0.3) is 0 Å². The lowest BCUT2D eigenvalue weighted by atomic mass is 10.0. The Balaban J connectivity index is 2.25. The molecule has 2 aromatic rings. The minimum Gasteiger partial charge on any atom is -0.497 e. The van der Waals surface area contributed by atoms with E-state index in [-0.39, 0.29) is 11.6 Å². The van der Waals surface area contributed by atoms with Gasteiger partial charge in [-0.2, -0.15) is 0 Å². The summed E-state index contributed by atoms with van der Waals surface area (Å²) < 4.78 is 32.1. The van der Waals surface area contributed by atoms with Gasteiger partial charge in [0.1, 0.15) is 23.9 Å². The molecule has 21 heavy (non-hydrogen) atoms. The van der Waals surface area contributed by atoms with E-state index in [1.807, 2.05) is 0 Å². The Morgan fingerprint density at radius 3 is 2.48 bits per heavy atom. The number of halogens is 2. The predicted octanol–water partition coefficient (Wildman–Crippen LogP) is 4.09. The van der Waals surface area contributed by atoms with E-state index in [2.05, 4.69) is 0 Å². The SMILES string of the molecule is [2H]C(C)(N)c1cc(F)cc(Cl)c1COc1ccc(OC)cc1. The monoisotopic (exact) mass is 310 g/mol. The molecule has 0 aliphatic heterocycles. The number of methoxy groups -OCH3 is 1. The molecule has 2 aromatic carbocycles. The molecule has 1 unspecified atom stereocenters. The van der Waals surface area contributed by atoms with Crippen molar-refractivity contribution in [3.05, 3.63) is 58.4 Å². The molecule has 0 amide bonds. The summed E-state index contributed by atoms with van der Waals surface area (Å²) >= 11 is 6.08. The molecule has 3 nitrogen and oxygen atoms in total. The Morgan fingerprint density at radius 1 is 1.29 bits per heavy atom. The topological polar surface area (TPSA) is 44.5 Å². The predicted molar refractivity (Wildman–Crippen MR) is 81.3 cm³/mol. The van der Waals surface area contributed by atoms with Crippen LogP contribution in [0.3, 0.4) is 0 Å². The molecule has 0 radical (unpaired) electrons. The first-order chi connectivity index (χ1) is 10.3. The van der Waals surface area contributed by atoms with Gasteiger partial charge in [-0.1, -0.05) is 11.6 Å². The Bertz CT molecular complexity index is 656. The summed E-state index contributed by atoms with van der Waals surface area (Å²) in [7, 11) is 1.58. The molecule has 0 bridgehead atoms. The number of nitrogens with two attached hydrogens (primary N) is 1. The molecule has 2 N–H and O–H groups in total. The Kier molecular flexibility index (Phi) is 4.58. The zero-order valence-electron chi connectivity index (χ0n) is 12.8. The van der Waals surface area contributed by atoms with Gasteiger partial charge in [0, 0.05) is 11.6 Å². The molecule has 2 rings (SSSR count). The van der Waals surface area contributed by atoms with Gasteiger partial charge < -0.3 is 15.2 Å². The van der Waals surface area contributed by atoms with Crippen molar-refractivity contribution in [3.63, 3.8) is 0 Å². The summed E-state index contributed by atoms with van der Waals surface area (Å²) in [5.74, 6) is 0.793. The van der Waals surface area contributed by atoms with Crippen molar-refractivity contribution in [2.45, 2.75) is 19.5 Å². The maximum absolute atomic E-state index is 13.5. The largest absolute Gasteiger partial charge is 0.497 e. The smallest absolute Gasteiger partial charge is 0.125 e. The van der Waals surface area contributed by atoms with Gasteiger partial charge in [-0.15, -0.1) is 0 Å². The molecule has 0 aromatic heterocycles. The van der Waals surface area contributed by atoms with E-state index in [9.17, 15) is 4.39 Å². The number of hydrogen-bond acceptors (Lipinski definition) is 3. The third-order valence-corrected chi connectivity index (χ3v) is 3.36. The highest BCUT2D eigenvalue weighted by atomic mass is 35.5. The third-order valence-electron chi connectivity index (χ3n) is 3.03. The number of hydrogen-bond donors (Lipinski definition) is 1. The lowest BCUT2D eigenvalue weighted by Gasteiger charge is -2.15. The number of rotatable bonds is 5. The molecule has 0 saturated heterocycles. The third kappa shape index (κ3) is 3.86. The lowest BCUT2D eigenvalue weighted by Crippen LogP contribution is -2.11. The van der Waals surface area contributed by atoms with E-state index in [1.54, 1.807) is 31.4 Å². The van der Waals surface area contributed by atoms with Crippen molar-refractivity contribution in [2.75, 3.05) is 7.11 Å². The Morgan fingerprint density at radius 2 is 1.90 bits per heavy atom. The van der Waals surface area contributed by atoms with Gasteiger partial charge >= 0.3 is 0 Å². The molecule has 5 heteroatoms. The van der Waals surface area contributed by atoms with Gasteiger partial charge in [0.25, 0.3) is 0 Å². The molecule has 0 spiro atoms. The van der Waals surface area contributed by atoms with Crippen molar-refractivity contribution in [1.29, 1.82) is 0 Å². The molecule has 0 heterocycles. The summed E-state index contributed by atoms with van der Waals surface area (Å²) in [5.41, 5.74) is 6.57. The summed E-state index contributed by atoms with van der Waals surface area (Å²) in [6.07, 6.45) is 0. The second-order valence-electron chi connectivity index (χ2n) is 4.56. The van der Waals surface area contributed by atoms with Crippen molar-refractivity contribution < 1.29 is 15.2 Å². The summed E-state index contributed by atoms with van der Waals surface area (Å²) in [6.45, 7) is 1.56. The first-order valence-corrected chi connectivity index (χ1v) is 6.73. The van der Waals surface area contributed by atoms with Crippen LogP contribution in [0.15, 0.2) is 36.4 Å². The molecule has 1 atom stereocenters. The molecular formula is C16H17ClFNO2. The first kappa shape index (κ1) is 14.2. The fourth-order valence-electron chi connectivity index (χ4n) is 1.93. The van der Waals surface area contributed by atoms with Crippen molar-refractivity contribution >= 4 is 11.6 Å². The zero-order chi connectivity index (χ0) is 16.3. The minimum atomic E-state index is -1.47. The van der Waals surface area contributed by atoms with E-state index in [0.717, 1.165) is 0 Å². The maximum atomic E-state index is 13.5. The molecular weight excluding hydrogens is 293 g/mol. The quantitative estimate of drug-likeness (QED) is 0.904. The fourth-order valence-corrected chi connectivity index (χ4v) is 2.19. The highest BCUT2D eigenvalue weighted by Crippen LogP contribution is 2.27. The van der Waals surface area contributed by atoms with Crippen LogP contribution in [0.2, 0.25) is 5.02 Å². The second kappa shape index (κ2) is 6.78. The van der Waals surface area contributed by atoms with Crippen molar-refractivity contribution in [3.8, 4) is 11.5 Å². The van der Waals surface area contributed by atoms with Gasteiger partial charge in [-0.05, 0) is 48.9 Å². The van der Waals surface area contributed by atoms with Gasteiger partial charge in [0.2, 0.25) is 0 Å². The van der Waals surface area contributed by atoms with Crippen molar-refractivity contribution in [2.24, 2.45) is 5.73 Å². The van der Waals surface area contributed by atoms with E-state index in [4.69, 9.17) is 28.2 Å². The zero-order valence-corrected chi connectivity index (χ0v) is 12.6. The Hall–Kier alpha value is -1.78. The second-order valence-corrected chi connectivity index (χ2v) is 4.97. The number of benzene rings is 2. The van der Waals surface area contributed by atoms with Crippen LogP contribution in [-0.4, -0.2) is 7.11 Å². The summed E-state index contributed by atoms with van der Waals surface area (Å²) in [5, 5.41) is 0.187. The van der Waals surface area contributed by atoms with Crippen LogP contribution in [-0.2, 0) is 6.61 Å². The van der Waals surface area contributed by atoms with Crippen LogP contribution >= 0.6 is 11.6 Å². The molecule has 0 fully saturated rings. The van der Waals surface area contributed by atoms with E-state index in [0.29, 0.717) is 22.6 Å². The normalized spacial score (nSPS) is 14.2. The molecule has 0 saturated carbocycles. The van der Waals surface area contributed by atoms with E-state index < -0.39 is 11.8 Å². The van der Waals surface area contributed by atoms with Gasteiger partial charge in [-0.3, -0.25) is 0 Å². The maximum Gasteiger partial charge on any atom is 0.125 e. The van der Waals surface area contributed by atoms with Crippen LogP contribution in [0.4, 0.5) is 4.39 Å². The van der Waals surface area contributed by atoms with Crippen LogP contribution in [0.5, 0.6) is 11.5 Å². The summed E-state index contributed by atoms with van der Waals surface area (Å²) in [4.78, 5) is 0. The Labute approximate surface area is 129 Å². The lowest BCUT2D eigenvalue weighted by molar-refractivity contribution is 0.303. The van der Waals surface area contributed by atoms with Crippen LogP contribution in [0, 0.1) is 5.82 Å². The minimum absolute atomic E-state index is 0.0897. The molecule has 112 valence electrons. The van der Waals surface area contributed by atoms with Gasteiger partial charge in [0.15, 0.2) is 0 Å². The van der Waals surface area contributed by atoms with E-state index in [1.165, 1.54) is 19.1 Å². The highest BCUT2D eigenvalue weighted by Gasteiger charge is 2.13. The van der Waals surface area contributed by atoms with Gasteiger partial charge in [0.05, 0.1) is 13.5 Å². The van der Waals surface area contributed by atoms with E-state index >= 15 is 0 Å². The molecule has 0 aliphatic rings. The number of ether oxygens (including phenoxy) is 2. The first-order valence-electron chi connectivity index (χ1n) is 6.85. The summed E-state index contributed by atoms with van der Waals surface area (Å²) in [6, 6.07) is 7.95. The average Bonchev–Trinajstić information content (AvgIpc) is 2.45. The van der Waals surface area contributed by atoms with Gasteiger partial charge in [-0.25, -0.2) is 4.39 Å². The van der Waals surface area contributed by atoms with Crippen molar-refractivity contribution in [1.82, 2.24) is 0 Å². The fraction of sp³-hybridized carbons (Fsp3) is 0.250. The van der Waals surface area contributed by atoms with Crippen LogP contribution < -0.4 is 15.2 Å².